The summed E-state index contributed by atoms with van der Waals surface area (Å²) in [7, 11) is 0. The van der Waals surface area contributed by atoms with Crippen molar-refractivity contribution in [3.8, 4) is 0 Å². The van der Waals surface area contributed by atoms with Gasteiger partial charge in [0.05, 0.1) is 0 Å². The number of benzene rings is 1. The highest BCUT2D eigenvalue weighted by Crippen LogP contribution is 2.44. The van der Waals surface area contributed by atoms with Crippen molar-refractivity contribution in [3.63, 3.8) is 0 Å². The highest BCUT2D eigenvalue weighted by molar-refractivity contribution is 6.04. The zero-order valence-corrected chi connectivity index (χ0v) is 17.3. The van der Waals surface area contributed by atoms with Crippen LogP contribution in [0, 0.1) is 17.8 Å². The molecule has 0 aromatic heterocycles. The first-order valence-corrected chi connectivity index (χ1v) is 11.5. The summed E-state index contributed by atoms with van der Waals surface area (Å²) in [6.45, 7) is 5.88. The Bertz CT molecular complexity index is 583. The van der Waals surface area contributed by atoms with Gasteiger partial charge in [-0.1, -0.05) is 76.3 Å². The average Bonchev–Trinajstić information content (AvgIpc) is 2.74. The maximum atomic E-state index is 11.7. The standard InChI is InChI=1S/C26H38O/c1-3-5-6-7-20-8-10-21(11-9-20)22-12-14-23(15-13-22)24-16-18-25(19-17-24)26(27)4-2/h4,16-23H,2-3,5-15H2,1H3. The van der Waals surface area contributed by atoms with Crippen LogP contribution in [-0.2, 0) is 0 Å². The summed E-state index contributed by atoms with van der Waals surface area (Å²) in [5.74, 6) is 3.72. The van der Waals surface area contributed by atoms with E-state index in [9.17, 15) is 4.79 Å². The Morgan fingerprint density at radius 1 is 0.926 bits per heavy atom. The van der Waals surface area contributed by atoms with Gasteiger partial charge in [-0.3, -0.25) is 4.79 Å². The summed E-state index contributed by atoms with van der Waals surface area (Å²) in [6.07, 6.45) is 18.6. The van der Waals surface area contributed by atoms with Gasteiger partial charge in [-0.25, -0.2) is 0 Å². The molecule has 0 radical (unpaired) electrons. The lowest BCUT2D eigenvalue weighted by atomic mass is 9.68. The van der Waals surface area contributed by atoms with Crippen LogP contribution in [0.15, 0.2) is 36.9 Å². The van der Waals surface area contributed by atoms with E-state index in [4.69, 9.17) is 0 Å². The number of allylic oxidation sites excluding steroid dienone is 1. The van der Waals surface area contributed by atoms with Gasteiger partial charge in [-0.2, -0.15) is 0 Å². The molecule has 3 rings (SSSR count). The Balaban J connectivity index is 1.43. The van der Waals surface area contributed by atoms with E-state index in [2.05, 4.69) is 25.6 Å². The molecule has 2 aliphatic carbocycles. The smallest absolute Gasteiger partial charge is 0.185 e. The second-order valence-electron chi connectivity index (χ2n) is 9.08. The molecule has 148 valence electrons. The molecule has 0 unspecified atom stereocenters. The fraction of sp³-hybridized carbons (Fsp3) is 0.654. The number of unbranched alkanes of at least 4 members (excludes halogenated alkanes) is 2. The van der Waals surface area contributed by atoms with E-state index in [1.54, 1.807) is 0 Å². The number of rotatable bonds is 8. The van der Waals surface area contributed by atoms with Crippen LogP contribution in [0.1, 0.15) is 106 Å². The predicted molar refractivity (Wildman–Crippen MR) is 115 cm³/mol. The van der Waals surface area contributed by atoms with Gasteiger partial charge >= 0.3 is 0 Å². The van der Waals surface area contributed by atoms with E-state index in [1.165, 1.54) is 88.7 Å². The molecule has 1 heteroatoms. The van der Waals surface area contributed by atoms with Crippen LogP contribution in [0.4, 0.5) is 0 Å². The summed E-state index contributed by atoms with van der Waals surface area (Å²) in [5.41, 5.74) is 2.19. The summed E-state index contributed by atoms with van der Waals surface area (Å²) >= 11 is 0. The summed E-state index contributed by atoms with van der Waals surface area (Å²) in [6, 6.07) is 8.29. The maximum absolute atomic E-state index is 11.7. The number of carbonyl (C=O) groups excluding carboxylic acids is 1. The van der Waals surface area contributed by atoms with Gasteiger partial charge in [0.15, 0.2) is 5.78 Å². The van der Waals surface area contributed by atoms with Crippen LogP contribution in [-0.4, -0.2) is 5.78 Å². The second-order valence-corrected chi connectivity index (χ2v) is 9.08. The molecule has 0 spiro atoms. The van der Waals surface area contributed by atoms with Crippen molar-refractivity contribution in [2.24, 2.45) is 17.8 Å². The largest absolute Gasteiger partial charge is 0.289 e. The van der Waals surface area contributed by atoms with Crippen molar-refractivity contribution < 1.29 is 4.79 Å². The van der Waals surface area contributed by atoms with Crippen LogP contribution in [0.2, 0.25) is 0 Å². The average molecular weight is 367 g/mol. The van der Waals surface area contributed by atoms with E-state index in [0.717, 1.165) is 23.3 Å². The quantitative estimate of drug-likeness (QED) is 0.261. The lowest BCUT2D eigenvalue weighted by molar-refractivity contribution is 0.104. The molecule has 1 nitrogen and oxygen atoms in total. The Morgan fingerprint density at radius 2 is 1.52 bits per heavy atom. The number of ketones is 1. The third-order valence-corrected chi connectivity index (χ3v) is 7.40. The Morgan fingerprint density at radius 3 is 2.07 bits per heavy atom. The molecule has 2 aliphatic rings. The SMILES string of the molecule is C=CC(=O)c1ccc(C2CCC(C3CCC(CCCCC)CC3)CC2)cc1. The molecule has 27 heavy (non-hydrogen) atoms. The molecular weight excluding hydrogens is 328 g/mol. The summed E-state index contributed by atoms with van der Waals surface area (Å²) in [4.78, 5) is 11.7. The highest BCUT2D eigenvalue weighted by Gasteiger charge is 2.31. The third kappa shape index (κ3) is 5.56. The zero-order valence-electron chi connectivity index (χ0n) is 17.3. The van der Waals surface area contributed by atoms with Crippen molar-refractivity contribution in [2.45, 2.75) is 89.9 Å². The number of hydrogen-bond donors (Lipinski definition) is 0. The van der Waals surface area contributed by atoms with Crippen molar-refractivity contribution >= 4 is 5.78 Å². The molecule has 0 aliphatic heterocycles. The zero-order chi connectivity index (χ0) is 19.1. The van der Waals surface area contributed by atoms with Crippen molar-refractivity contribution in [2.75, 3.05) is 0 Å². The Kier molecular flexibility index (Phi) is 7.73. The monoisotopic (exact) mass is 366 g/mol. The molecule has 0 atom stereocenters. The molecule has 1 aromatic carbocycles. The summed E-state index contributed by atoms with van der Waals surface area (Å²) < 4.78 is 0. The highest BCUT2D eigenvalue weighted by atomic mass is 16.1. The van der Waals surface area contributed by atoms with E-state index in [1.807, 2.05) is 12.1 Å². The van der Waals surface area contributed by atoms with Gasteiger partial charge in [-0.15, -0.1) is 0 Å². The van der Waals surface area contributed by atoms with E-state index in [0.29, 0.717) is 5.92 Å². The fourth-order valence-corrected chi connectivity index (χ4v) is 5.59. The minimum Gasteiger partial charge on any atom is -0.289 e. The first-order chi connectivity index (χ1) is 13.2. The fourth-order valence-electron chi connectivity index (χ4n) is 5.59. The molecule has 0 bridgehead atoms. The van der Waals surface area contributed by atoms with E-state index in [-0.39, 0.29) is 5.78 Å². The first-order valence-electron chi connectivity index (χ1n) is 11.5. The normalized spacial score (nSPS) is 28.6. The van der Waals surface area contributed by atoms with Gasteiger partial charge in [0.25, 0.3) is 0 Å². The van der Waals surface area contributed by atoms with Crippen LogP contribution in [0.5, 0.6) is 0 Å². The molecule has 0 saturated heterocycles. The molecule has 0 heterocycles. The molecular formula is C26H38O. The molecule has 1 aromatic rings. The van der Waals surface area contributed by atoms with E-state index >= 15 is 0 Å². The van der Waals surface area contributed by atoms with Gasteiger partial charge in [0, 0.05) is 5.56 Å². The minimum absolute atomic E-state index is 0.0237. The molecule has 0 amide bonds. The van der Waals surface area contributed by atoms with Crippen LogP contribution in [0.3, 0.4) is 0 Å². The summed E-state index contributed by atoms with van der Waals surface area (Å²) in [5, 5.41) is 0. The number of carbonyl (C=O) groups is 1. The van der Waals surface area contributed by atoms with Crippen LogP contribution in [0.25, 0.3) is 0 Å². The lowest BCUT2D eigenvalue weighted by Crippen LogP contribution is -2.25. The Labute approximate surface area is 166 Å². The van der Waals surface area contributed by atoms with Gasteiger partial charge in [-0.05, 0) is 73.8 Å². The van der Waals surface area contributed by atoms with Crippen molar-refractivity contribution in [1.82, 2.24) is 0 Å². The van der Waals surface area contributed by atoms with Gasteiger partial charge < -0.3 is 0 Å². The van der Waals surface area contributed by atoms with Crippen molar-refractivity contribution in [1.29, 1.82) is 0 Å². The van der Waals surface area contributed by atoms with Crippen LogP contribution < -0.4 is 0 Å². The third-order valence-electron chi connectivity index (χ3n) is 7.40. The van der Waals surface area contributed by atoms with Gasteiger partial charge in [0.2, 0.25) is 0 Å². The lowest BCUT2D eigenvalue weighted by Gasteiger charge is -2.38. The predicted octanol–water partition coefficient (Wildman–Crippen LogP) is 7.72. The molecule has 0 N–H and O–H groups in total. The van der Waals surface area contributed by atoms with E-state index < -0.39 is 0 Å². The molecule has 2 saturated carbocycles. The van der Waals surface area contributed by atoms with Gasteiger partial charge in [0.1, 0.15) is 0 Å². The maximum Gasteiger partial charge on any atom is 0.185 e. The topological polar surface area (TPSA) is 17.1 Å². The Hall–Kier alpha value is -1.37. The minimum atomic E-state index is 0.0237. The first kappa shape index (κ1) is 20.4. The molecule has 2 fully saturated rings. The van der Waals surface area contributed by atoms with Crippen LogP contribution >= 0.6 is 0 Å². The van der Waals surface area contributed by atoms with Crippen molar-refractivity contribution in [3.05, 3.63) is 48.0 Å². The number of hydrogen-bond acceptors (Lipinski definition) is 1. The second kappa shape index (κ2) is 10.2.